The van der Waals surface area contributed by atoms with Crippen molar-refractivity contribution in [3.8, 4) is 4.97 Å². The molecule has 0 heterocycles. The van der Waals surface area contributed by atoms with Gasteiger partial charge in [0.15, 0.2) is 0 Å². The van der Waals surface area contributed by atoms with Crippen LogP contribution in [0.1, 0.15) is 0 Å². The zero-order valence-electron chi connectivity index (χ0n) is 4.86. The maximum atomic E-state index is 8.21. The van der Waals surface area contributed by atoms with Gasteiger partial charge in [-0.05, 0) is 0 Å². The third-order valence-corrected chi connectivity index (χ3v) is 5.48. The van der Waals surface area contributed by atoms with Gasteiger partial charge in [-0.3, -0.25) is 0 Å². The molecule has 0 aliphatic carbocycles. The van der Waals surface area contributed by atoms with Gasteiger partial charge in [0.25, 0.3) is 0 Å². The van der Waals surface area contributed by atoms with Crippen molar-refractivity contribution in [2.24, 2.45) is 0 Å². The van der Waals surface area contributed by atoms with Crippen LogP contribution in [0, 0.1) is 10.2 Å². The second kappa shape index (κ2) is 2.51. The second-order valence-corrected chi connectivity index (χ2v) is 16.1. The number of nitriles is 1. The molecule has 0 amide bonds. The van der Waals surface area contributed by atoms with Crippen molar-refractivity contribution in [1.82, 2.24) is 0 Å². The molecule has 0 atom stereocenters. The van der Waals surface area contributed by atoms with E-state index in [1.54, 1.807) is 0 Å². The SMILES string of the molecule is C[Si](C)(C)[Se]C#N. The molecule has 0 aliphatic heterocycles. The third kappa shape index (κ3) is 6.23. The second-order valence-electron chi connectivity index (χ2n) is 2.31. The van der Waals surface area contributed by atoms with Crippen LogP contribution in [0.4, 0.5) is 0 Å². The first-order valence-corrected chi connectivity index (χ1v) is 8.97. The fraction of sp³-hybridized carbons (Fsp3) is 0.750. The van der Waals surface area contributed by atoms with Crippen molar-refractivity contribution in [2.45, 2.75) is 19.6 Å². The summed E-state index contributed by atoms with van der Waals surface area (Å²) >= 11 is 0.299. The Bertz CT molecular complexity index is 88.8. The van der Waals surface area contributed by atoms with E-state index in [0.29, 0.717) is 14.3 Å². The molecule has 0 aromatic heterocycles. The summed E-state index contributed by atoms with van der Waals surface area (Å²) in [5.41, 5.74) is 0. The monoisotopic (exact) mass is 179 g/mol. The van der Waals surface area contributed by atoms with Crippen LogP contribution in [0.5, 0.6) is 0 Å². The molecule has 7 heavy (non-hydrogen) atoms. The number of rotatable bonds is 1. The predicted octanol–water partition coefficient (Wildman–Crippen LogP) is 1.01. The Hall–Kier alpha value is 0.226. The van der Waals surface area contributed by atoms with Crippen molar-refractivity contribution in [3.63, 3.8) is 0 Å². The Balaban J connectivity index is 3.40. The summed E-state index contributed by atoms with van der Waals surface area (Å²) < 4.78 is 0. The van der Waals surface area contributed by atoms with Gasteiger partial charge >= 0.3 is 50.9 Å². The van der Waals surface area contributed by atoms with Crippen LogP contribution in [0.25, 0.3) is 0 Å². The van der Waals surface area contributed by atoms with Crippen LogP contribution in [-0.2, 0) is 0 Å². The van der Waals surface area contributed by atoms with Crippen LogP contribution in [0.3, 0.4) is 0 Å². The first-order valence-electron chi connectivity index (χ1n) is 2.13. The first kappa shape index (κ1) is 7.23. The summed E-state index contributed by atoms with van der Waals surface area (Å²) in [6.45, 7) is 5.70. The number of hydrogen-bond donors (Lipinski definition) is 0. The summed E-state index contributed by atoms with van der Waals surface area (Å²) in [5.74, 6) is 0. The van der Waals surface area contributed by atoms with Gasteiger partial charge in [0, 0.05) is 0 Å². The molecule has 0 aromatic rings. The van der Waals surface area contributed by atoms with Crippen LogP contribution < -0.4 is 0 Å². The zero-order chi connectivity index (χ0) is 5.91. The van der Waals surface area contributed by atoms with Crippen molar-refractivity contribution < 1.29 is 0 Å². The Morgan fingerprint density at radius 2 is 1.86 bits per heavy atom. The molecule has 1 nitrogen and oxygen atoms in total. The zero-order valence-corrected chi connectivity index (χ0v) is 7.57. The van der Waals surface area contributed by atoms with Crippen LogP contribution in [-0.4, -0.2) is 21.0 Å². The quantitative estimate of drug-likeness (QED) is 0.550. The van der Waals surface area contributed by atoms with Crippen LogP contribution >= 0.6 is 0 Å². The van der Waals surface area contributed by atoms with E-state index >= 15 is 0 Å². The average Bonchev–Trinajstić information content (AvgIpc) is 1.30. The Kier molecular flexibility index (Phi) is 2.59. The van der Waals surface area contributed by atoms with E-state index in [0.717, 1.165) is 0 Å². The summed E-state index contributed by atoms with van der Waals surface area (Å²) in [6, 6.07) is 0. The van der Waals surface area contributed by atoms with Crippen molar-refractivity contribution >= 4 is 21.0 Å². The molecule has 0 bridgehead atoms. The summed E-state index contributed by atoms with van der Waals surface area (Å²) in [7, 11) is 0. The molecule has 40 valence electrons. The standard InChI is InChI=1S/C4H9NSeSi/c1-7(2,3)6-4-5/h1-3H3. The minimum absolute atomic E-state index is 0.299. The van der Waals surface area contributed by atoms with Crippen LogP contribution in [0.15, 0.2) is 0 Å². The maximum absolute atomic E-state index is 8.21. The summed E-state index contributed by atoms with van der Waals surface area (Å²) in [6.07, 6.45) is 0. The fourth-order valence-electron chi connectivity index (χ4n) is 0.137. The Morgan fingerprint density at radius 3 is 1.86 bits per heavy atom. The van der Waals surface area contributed by atoms with E-state index in [-0.39, 0.29) is 0 Å². The van der Waals surface area contributed by atoms with Crippen molar-refractivity contribution in [1.29, 1.82) is 5.26 Å². The molecule has 0 aromatic carbocycles. The first-order chi connectivity index (χ1) is 3.06. The van der Waals surface area contributed by atoms with Gasteiger partial charge in [-0.25, -0.2) is 0 Å². The number of nitrogens with zero attached hydrogens (tertiary/aromatic N) is 1. The molecule has 0 spiro atoms. The molecule has 0 N–H and O–H groups in total. The summed E-state index contributed by atoms with van der Waals surface area (Å²) in [4.78, 5) is 2.23. The molecular formula is C4H9NSeSi. The van der Waals surface area contributed by atoms with Gasteiger partial charge in [-0.1, -0.05) is 0 Å². The van der Waals surface area contributed by atoms with Gasteiger partial charge in [-0.2, -0.15) is 0 Å². The molecule has 0 unspecified atom stereocenters. The van der Waals surface area contributed by atoms with Crippen molar-refractivity contribution in [3.05, 3.63) is 0 Å². The normalized spacial score (nSPS) is 10.6. The third-order valence-electron chi connectivity index (χ3n) is 0.352. The van der Waals surface area contributed by atoms with E-state index in [2.05, 4.69) is 24.6 Å². The molecule has 0 radical (unpaired) electrons. The van der Waals surface area contributed by atoms with Crippen LogP contribution in [0.2, 0.25) is 19.6 Å². The predicted molar refractivity (Wildman–Crippen MR) is 34.7 cm³/mol. The fourth-order valence-corrected chi connectivity index (χ4v) is 2.13. The van der Waals surface area contributed by atoms with E-state index in [1.807, 2.05) is 0 Å². The number of hydrogen-bond acceptors (Lipinski definition) is 1. The molecule has 0 saturated heterocycles. The van der Waals surface area contributed by atoms with E-state index in [4.69, 9.17) is 5.26 Å². The van der Waals surface area contributed by atoms with E-state index in [1.165, 1.54) is 0 Å². The van der Waals surface area contributed by atoms with E-state index in [9.17, 15) is 0 Å². The molecular weight excluding hydrogens is 169 g/mol. The molecule has 0 rings (SSSR count). The summed E-state index contributed by atoms with van der Waals surface area (Å²) in [5, 5.41) is 8.21. The van der Waals surface area contributed by atoms with Gasteiger partial charge in [0.1, 0.15) is 0 Å². The van der Waals surface area contributed by atoms with Crippen molar-refractivity contribution in [2.75, 3.05) is 0 Å². The molecule has 3 heteroatoms. The van der Waals surface area contributed by atoms with Gasteiger partial charge in [-0.15, -0.1) is 0 Å². The topological polar surface area (TPSA) is 23.8 Å². The molecule has 0 saturated carbocycles. The average molecular weight is 178 g/mol. The van der Waals surface area contributed by atoms with Gasteiger partial charge in [0.2, 0.25) is 0 Å². The molecule has 0 fully saturated rings. The minimum atomic E-state index is -0.956. The Labute approximate surface area is 51.3 Å². The molecule has 0 aliphatic rings. The van der Waals surface area contributed by atoms with Gasteiger partial charge in [0.05, 0.1) is 0 Å². The van der Waals surface area contributed by atoms with E-state index < -0.39 is 6.68 Å². The Morgan fingerprint density at radius 1 is 1.43 bits per heavy atom. The van der Waals surface area contributed by atoms with Gasteiger partial charge < -0.3 is 0 Å².